The molecule has 3 N–H and O–H groups in total. The third kappa shape index (κ3) is 4.17. The first kappa shape index (κ1) is 21.0. The van der Waals surface area contributed by atoms with Crippen LogP contribution in [0.3, 0.4) is 0 Å². The lowest BCUT2D eigenvalue weighted by Crippen LogP contribution is -2.39. The molecule has 0 saturated carbocycles. The van der Waals surface area contributed by atoms with Crippen LogP contribution in [0.4, 0.5) is 5.69 Å². The van der Waals surface area contributed by atoms with Gasteiger partial charge in [0, 0.05) is 28.6 Å². The molecule has 6 nitrogen and oxygen atoms in total. The molecule has 0 atom stereocenters. The minimum Gasteiger partial charge on any atom is -0.450 e. The third-order valence-corrected chi connectivity index (χ3v) is 5.52. The summed E-state index contributed by atoms with van der Waals surface area (Å²) in [5, 5.41) is 3.02. The average molecular weight is 456 g/mol. The summed E-state index contributed by atoms with van der Waals surface area (Å²) in [6, 6.07) is 10.2. The quantitative estimate of drug-likeness (QED) is 0.515. The smallest absolute Gasteiger partial charge is 0.238 e. The van der Waals surface area contributed by atoms with Gasteiger partial charge in [-0.05, 0) is 47.5 Å². The first-order chi connectivity index (χ1) is 14.9. The van der Waals surface area contributed by atoms with Crippen LogP contribution in [0.15, 0.2) is 59.2 Å². The number of nitrogens with one attached hydrogen (secondary N) is 1. The minimum atomic E-state index is -0.412. The SMILES string of the molecule is CCC(=O)NN1C=CC=C(c2ccc3c(N)c(C(=O)c4ccc(Cl)cc4Cl)oc3c2)C1. The Morgan fingerprint density at radius 1 is 1.19 bits per heavy atom. The van der Waals surface area contributed by atoms with Crippen molar-refractivity contribution >= 4 is 57.1 Å². The lowest BCUT2D eigenvalue weighted by atomic mass is 10.0. The number of fused-ring (bicyclic) bond motifs is 1. The Kier molecular flexibility index (Phi) is 5.76. The van der Waals surface area contributed by atoms with Crippen LogP contribution in [0.1, 0.15) is 35.0 Å². The second kappa shape index (κ2) is 8.49. The van der Waals surface area contributed by atoms with Crippen LogP contribution >= 0.6 is 23.2 Å². The largest absolute Gasteiger partial charge is 0.450 e. The lowest BCUT2D eigenvalue weighted by molar-refractivity contribution is -0.124. The molecule has 0 fully saturated rings. The van der Waals surface area contributed by atoms with E-state index in [1.165, 1.54) is 6.07 Å². The predicted octanol–water partition coefficient (Wildman–Crippen LogP) is 5.21. The number of carbonyl (C=O) groups excluding carboxylic acids is 2. The van der Waals surface area contributed by atoms with Gasteiger partial charge in [-0.25, -0.2) is 0 Å². The van der Waals surface area contributed by atoms with Crippen LogP contribution in [-0.4, -0.2) is 23.2 Å². The van der Waals surface area contributed by atoms with E-state index in [0.29, 0.717) is 29.0 Å². The number of amides is 1. The maximum Gasteiger partial charge on any atom is 0.238 e. The molecule has 1 aromatic heterocycles. The van der Waals surface area contributed by atoms with E-state index in [4.69, 9.17) is 33.4 Å². The fourth-order valence-electron chi connectivity index (χ4n) is 3.34. The number of hydrogen-bond acceptors (Lipinski definition) is 5. The number of anilines is 1. The number of furan rings is 1. The molecular weight excluding hydrogens is 437 g/mol. The standard InChI is InChI=1S/C23H19Cl2N3O3/c1-2-20(29)27-28-9-3-4-14(12-28)13-5-7-17-19(10-13)31-23(21(17)26)22(30)16-8-6-15(24)11-18(16)25/h3-11H,2,12,26H2,1H3,(H,27,29). The topological polar surface area (TPSA) is 88.6 Å². The highest BCUT2D eigenvalue weighted by molar-refractivity contribution is 6.37. The molecule has 0 aliphatic carbocycles. The zero-order valence-electron chi connectivity index (χ0n) is 16.6. The van der Waals surface area contributed by atoms with Crippen LogP contribution in [0.25, 0.3) is 16.5 Å². The van der Waals surface area contributed by atoms with Crippen LogP contribution in [-0.2, 0) is 4.79 Å². The molecule has 4 rings (SSSR count). The van der Waals surface area contributed by atoms with Gasteiger partial charge in [-0.15, -0.1) is 0 Å². The van der Waals surface area contributed by atoms with E-state index in [1.807, 2.05) is 30.4 Å². The number of allylic oxidation sites excluding steroid dienone is 2. The Hall–Kier alpha value is -3.22. The zero-order chi connectivity index (χ0) is 22.1. The number of hydrazine groups is 1. The maximum atomic E-state index is 13.0. The van der Waals surface area contributed by atoms with Crippen molar-refractivity contribution in [1.29, 1.82) is 0 Å². The van der Waals surface area contributed by atoms with E-state index in [0.717, 1.165) is 11.1 Å². The van der Waals surface area contributed by atoms with Gasteiger partial charge in [0.2, 0.25) is 11.7 Å². The van der Waals surface area contributed by atoms with E-state index < -0.39 is 5.78 Å². The molecular formula is C23H19Cl2N3O3. The molecule has 0 radical (unpaired) electrons. The fraction of sp³-hybridized carbons (Fsp3) is 0.130. The molecule has 0 unspecified atom stereocenters. The molecule has 0 spiro atoms. The van der Waals surface area contributed by atoms with Crippen LogP contribution in [0, 0.1) is 0 Å². The summed E-state index contributed by atoms with van der Waals surface area (Å²) in [4.78, 5) is 24.6. The van der Waals surface area contributed by atoms with Crippen molar-refractivity contribution < 1.29 is 14.0 Å². The number of nitrogen functional groups attached to an aromatic ring is 1. The van der Waals surface area contributed by atoms with E-state index in [9.17, 15) is 9.59 Å². The summed E-state index contributed by atoms with van der Waals surface area (Å²) >= 11 is 12.1. The van der Waals surface area contributed by atoms with E-state index >= 15 is 0 Å². The van der Waals surface area contributed by atoms with Gasteiger partial charge in [0.15, 0.2) is 5.76 Å². The number of rotatable bonds is 5. The van der Waals surface area contributed by atoms with Crippen molar-refractivity contribution in [2.45, 2.75) is 13.3 Å². The number of ketones is 1. The molecule has 2 heterocycles. The molecule has 0 bridgehead atoms. The highest BCUT2D eigenvalue weighted by Gasteiger charge is 2.23. The van der Waals surface area contributed by atoms with Crippen LogP contribution < -0.4 is 11.2 Å². The van der Waals surface area contributed by atoms with Gasteiger partial charge < -0.3 is 10.2 Å². The van der Waals surface area contributed by atoms with Crippen molar-refractivity contribution in [2.24, 2.45) is 0 Å². The Bertz CT molecular complexity index is 1260. The summed E-state index contributed by atoms with van der Waals surface area (Å²) in [7, 11) is 0. The molecule has 8 heteroatoms. The Morgan fingerprint density at radius 2 is 2.00 bits per heavy atom. The summed E-state index contributed by atoms with van der Waals surface area (Å²) in [5.41, 5.74) is 11.9. The molecule has 1 aliphatic heterocycles. The van der Waals surface area contributed by atoms with Gasteiger partial charge in [-0.1, -0.05) is 42.3 Å². The Balaban J connectivity index is 1.65. The van der Waals surface area contributed by atoms with Gasteiger partial charge in [0.25, 0.3) is 0 Å². The monoisotopic (exact) mass is 455 g/mol. The average Bonchev–Trinajstić information content (AvgIpc) is 3.09. The first-order valence-electron chi connectivity index (χ1n) is 9.63. The second-order valence-corrected chi connectivity index (χ2v) is 7.90. The van der Waals surface area contributed by atoms with Crippen molar-refractivity contribution in [3.05, 3.63) is 81.7 Å². The van der Waals surface area contributed by atoms with Gasteiger partial charge in [-0.2, -0.15) is 0 Å². The number of nitrogens with zero attached hydrogens (tertiary/aromatic N) is 1. The van der Waals surface area contributed by atoms with Crippen molar-refractivity contribution in [3.63, 3.8) is 0 Å². The molecule has 3 aromatic rings. The Labute approximate surface area is 188 Å². The van der Waals surface area contributed by atoms with Crippen molar-refractivity contribution in [1.82, 2.24) is 10.4 Å². The molecule has 158 valence electrons. The van der Waals surface area contributed by atoms with Crippen molar-refractivity contribution in [3.8, 4) is 0 Å². The molecule has 0 saturated heterocycles. The number of benzene rings is 2. The molecule has 1 aliphatic rings. The highest BCUT2D eigenvalue weighted by Crippen LogP contribution is 2.34. The highest BCUT2D eigenvalue weighted by atomic mass is 35.5. The normalized spacial score (nSPS) is 13.4. The van der Waals surface area contributed by atoms with E-state index in [1.54, 1.807) is 30.3 Å². The number of nitrogens with two attached hydrogens (primary N) is 1. The Morgan fingerprint density at radius 3 is 2.74 bits per heavy atom. The van der Waals surface area contributed by atoms with Crippen LogP contribution in [0.2, 0.25) is 10.0 Å². The summed E-state index contributed by atoms with van der Waals surface area (Å²) in [6.07, 6.45) is 6.01. The first-order valence-corrected chi connectivity index (χ1v) is 10.4. The van der Waals surface area contributed by atoms with Gasteiger partial charge in [-0.3, -0.25) is 20.0 Å². The number of hydrogen-bond donors (Lipinski definition) is 2. The molecule has 1 amide bonds. The zero-order valence-corrected chi connectivity index (χ0v) is 18.1. The lowest BCUT2D eigenvalue weighted by Gasteiger charge is -2.25. The van der Waals surface area contributed by atoms with Crippen LogP contribution in [0.5, 0.6) is 0 Å². The summed E-state index contributed by atoms with van der Waals surface area (Å²) < 4.78 is 5.85. The minimum absolute atomic E-state index is 0.0331. The van der Waals surface area contributed by atoms with Gasteiger partial charge in [0.1, 0.15) is 5.58 Å². The molecule has 2 aromatic carbocycles. The number of halogens is 2. The van der Waals surface area contributed by atoms with Gasteiger partial charge >= 0.3 is 0 Å². The number of carbonyl (C=O) groups is 2. The van der Waals surface area contributed by atoms with E-state index in [2.05, 4.69) is 5.43 Å². The van der Waals surface area contributed by atoms with Crippen molar-refractivity contribution in [2.75, 3.05) is 12.3 Å². The third-order valence-electron chi connectivity index (χ3n) is 4.97. The fourth-order valence-corrected chi connectivity index (χ4v) is 3.83. The van der Waals surface area contributed by atoms with E-state index in [-0.39, 0.29) is 27.9 Å². The summed E-state index contributed by atoms with van der Waals surface area (Å²) in [6.45, 7) is 2.29. The second-order valence-electron chi connectivity index (χ2n) is 7.06. The summed E-state index contributed by atoms with van der Waals surface area (Å²) in [5.74, 6) is -0.444. The van der Waals surface area contributed by atoms with Gasteiger partial charge in [0.05, 0.1) is 17.3 Å². The maximum absolute atomic E-state index is 13.0. The molecule has 31 heavy (non-hydrogen) atoms. The predicted molar refractivity (Wildman–Crippen MR) is 123 cm³/mol.